The van der Waals surface area contributed by atoms with Crippen LogP contribution in [0.15, 0.2) is 42.5 Å². The summed E-state index contributed by atoms with van der Waals surface area (Å²) in [6.07, 6.45) is 1.64. The number of hydrogen-bond donors (Lipinski definition) is 2. The zero-order valence-corrected chi connectivity index (χ0v) is 18.5. The average molecular weight is 448 g/mol. The van der Waals surface area contributed by atoms with Crippen LogP contribution in [0.2, 0.25) is 0 Å². The first-order chi connectivity index (χ1) is 15.9. The van der Waals surface area contributed by atoms with Crippen molar-refractivity contribution in [2.75, 3.05) is 32.2 Å². The second-order valence-corrected chi connectivity index (χ2v) is 7.92. The maximum atomic E-state index is 14.5. The Labute approximate surface area is 191 Å². The molecule has 4 rings (SSSR count). The zero-order chi connectivity index (χ0) is 23.5. The van der Waals surface area contributed by atoms with Gasteiger partial charge in [-0.05, 0) is 42.7 Å². The van der Waals surface area contributed by atoms with Crippen LogP contribution in [0.5, 0.6) is 17.2 Å². The first-order valence-corrected chi connectivity index (χ1v) is 10.6. The van der Waals surface area contributed by atoms with Gasteiger partial charge in [0.2, 0.25) is 0 Å². The summed E-state index contributed by atoms with van der Waals surface area (Å²) < 4.78 is 25.3. The monoisotopic (exact) mass is 448 g/mol. The molecule has 0 amide bonds. The second kappa shape index (κ2) is 9.35. The summed E-state index contributed by atoms with van der Waals surface area (Å²) in [5, 5.41) is 20.2. The Hall–Kier alpha value is -3.83. The predicted molar refractivity (Wildman–Crippen MR) is 124 cm³/mol. The molecular formula is C25H25FN4O3. The van der Waals surface area contributed by atoms with Crippen molar-refractivity contribution < 1.29 is 19.0 Å². The largest absolute Gasteiger partial charge is 0.507 e. The van der Waals surface area contributed by atoms with E-state index in [4.69, 9.17) is 25.5 Å². The Morgan fingerprint density at radius 1 is 1.06 bits per heavy atom. The summed E-state index contributed by atoms with van der Waals surface area (Å²) in [4.78, 5) is 6.89. The molecule has 0 unspecified atom stereocenters. The van der Waals surface area contributed by atoms with E-state index in [-0.39, 0.29) is 17.4 Å². The summed E-state index contributed by atoms with van der Waals surface area (Å²) >= 11 is 0. The van der Waals surface area contributed by atoms with Gasteiger partial charge < -0.3 is 25.2 Å². The van der Waals surface area contributed by atoms with Crippen molar-refractivity contribution in [1.82, 2.24) is 4.98 Å². The quantitative estimate of drug-likeness (QED) is 0.606. The lowest BCUT2D eigenvalue weighted by molar-refractivity contribution is 0.355. The molecule has 1 aromatic heterocycles. The van der Waals surface area contributed by atoms with Crippen LogP contribution in [-0.4, -0.2) is 43.4 Å². The summed E-state index contributed by atoms with van der Waals surface area (Å²) in [5.41, 5.74) is 7.88. The van der Waals surface area contributed by atoms with Crippen molar-refractivity contribution in [2.24, 2.45) is 5.73 Å². The number of halogens is 1. The summed E-state index contributed by atoms with van der Waals surface area (Å²) in [7, 11) is 3.07. The topological polar surface area (TPSA) is 105 Å². The molecule has 1 saturated heterocycles. The number of piperidine rings is 1. The van der Waals surface area contributed by atoms with Gasteiger partial charge in [0.15, 0.2) is 11.5 Å². The number of ether oxygens (including phenoxy) is 2. The lowest BCUT2D eigenvalue weighted by atomic mass is 9.96. The van der Waals surface area contributed by atoms with E-state index in [1.165, 1.54) is 19.2 Å². The number of pyridine rings is 1. The predicted octanol–water partition coefficient (Wildman–Crippen LogP) is 4.08. The van der Waals surface area contributed by atoms with Gasteiger partial charge in [-0.1, -0.05) is 12.1 Å². The fraction of sp³-hybridized carbons (Fsp3) is 0.280. The summed E-state index contributed by atoms with van der Waals surface area (Å²) in [6, 6.07) is 13.1. The van der Waals surface area contributed by atoms with E-state index in [9.17, 15) is 9.50 Å². The molecule has 1 aliphatic heterocycles. The van der Waals surface area contributed by atoms with Crippen LogP contribution in [0.25, 0.3) is 22.4 Å². The van der Waals surface area contributed by atoms with E-state index in [2.05, 4.69) is 4.90 Å². The highest BCUT2D eigenvalue weighted by atomic mass is 19.1. The maximum Gasteiger partial charge on any atom is 0.161 e. The molecule has 33 heavy (non-hydrogen) atoms. The number of aromatic nitrogens is 1. The molecule has 7 nitrogen and oxygen atoms in total. The van der Waals surface area contributed by atoms with Gasteiger partial charge in [0.25, 0.3) is 0 Å². The Bertz CT molecular complexity index is 1220. The Kier molecular flexibility index (Phi) is 6.33. The van der Waals surface area contributed by atoms with Gasteiger partial charge in [0.05, 0.1) is 31.0 Å². The van der Waals surface area contributed by atoms with E-state index < -0.39 is 5.82 Å². The van der Waals surface area contributed by atoms with E-state index >= 15 is 0 Å². The van der Waals surface area contributed by atoms with Crippen LogP contribution in [-0.2, 0) is 0 Å². The molecule has 3 N–H and O–H groups in total. The van der Waals surface area contributed by atoms with E-state index in [1.807, 2.05) is 6.07 Å². The highest BCUT2D eigenvalue weighted by molar-refractivity contribution is 5.87. The number of rotatable bonds is 5. The van der Waals surface area contributed by atoms with Crippen molar-refractivity contribution in [3.05, 3.63) is 53.8 Å². The number of methoxy groups -OCH3 is 2. The van der Waals surface area contributed by atoms with Gasteiger partial charge in [0.1, 0.15) is 23.5 Å². The molecule has 0 saturated carbocycles. The van der Waals surface area contributed by atoms with Crippen molar-refractivity contribution in [2.45, 2.75) is 18.9 Å². The molecule has 0 spiro atoms. The van der Waals surface area contributed by atoms with Crippen LogP contribution in [0.4, 0.5) is 10.2 Å². The maximum absolute atomic E-state index is 14.5. The van der Waals surface area contributed by atoms with Crippen molar-refractivity contribution in [3.8, 4) is 45.7 Å². The van der Waals surface area contributed by atoms with Gasteiger partial charge in [-0.3, -0.25) is 0 Å². The minimum atomic E-state index is -0.649. The number of nitriles is 1. The van der Waals surface area contributed by atoms with E-state index in [0.29, 0.717) is 52.8 Å². The first-order valence-electron chi connectivity index (χ1n) is 10.6. The van der Waals surface area contributed by atoms with Crippen LogP contribution >= 0.6 is 0 Å². The SMILES string of the molecule is COc1ccc(-c2c(O)cc(N3CCC(N)CC3)nc2-c2ccc(C#N)c(F)c2)cc1OC. The molecule has 1 aliphatic rings. The molecule has 2 heterocycles. The number of hydrogen-bond acceptors (Lipinski definition) is 7. The number of anilines is 1. The third-order valence-corrected chi connectivity index (χ3v) is 5.88. The lowest BCUT2D eigenvalue weighted by Crippen LogP contribution is -2.40. The number of aromatic hydroxyl groups is 1. The molecule has 1 fully saturated rings. The fourth-order valence-corrected chi connectivity index (χ4v) is 4.05. The number of nitrogens with zero attached hydrogens (tertiary/aromatic N) is 3. The highest BCUT2D eigenvalue weighted by Gasteiger charge is 2.23. The van der Waals surface area contributed by atoms with Crippen LogP contribution in [0, 0.1) is 17.1 Å². The van der Waals surface area contributed by atoms with E-state index in [0.717, 1.165) is 12.8 Å². The molecule has 0 bridgehead atoms. The normalized spacial score (nSPS) is 14.1. The smallest absolute Gasteiger partial charge is 0.161 e. The molecule has 170 valence electrons. The Balaban J connectivity index is 1.90. The number of nitrogens with two attached hydrogens (primary N) is 1. The standard InChI is InChI=1S/C25H25FN4O3/c1-32-21-6-5-15(12-22(21)33-2)24-20(31)13-23(30-9-7-18(28)8-10-30)29-25(24)16-3-4-17(14-27)19(26)11-16/h3-6,11-13,18H,7-10,28H2,1-2H3,(H,29,31). The molecular weight excluding hydrogens is 423 g/mol. The van der Waals surface area contributed by atoms with Crippen molar-refractivity contribution in [3.63, 3.8) is 0 Å². The van der Waals surface area contributed by atoms with Gasteiger partial charge in [-0.15, -0.1) is 0 Å². The van der Waals surface area contributed by atoms with Crippen molar-refractivity contribution >= 4 is 5.82 Å². The van der Waals surface area contributed by atoms with Gasteiger partial charge >= 0.3 is 0 Å². The van der Waals surface area contributed by atoms with Crippen molar-refractivity contribution in [1.29, 1.82) is 5.26 Å². The first kappa shape index (κ1) is 22.4. The Morgan fingerprint density at radius 3 is 2.39 bits per heavy atom. The average Bonchev–Trinajstić information content (AvgIpc) is 2.83. The number of benzene rings is 2. The fourth-order valence-electron chi connectivity index (χ4n) is 4.05. The second-order valence-electron chi connectivity index (χ2n) is 7.92. The summed E-state index contributed by atoms with van der Waals surface area (Å²) in [5.74, 6) is 0.968. The summed E-state index contributed by atoms with van der Waals surface area (Å²) in [6.45, 7) is 1.43. The van der Waals surface area contributed by atoms with Gasteiger partial charge in [-0.2, -0.15) is 5.26 Å². The minimum absolute atomic E-state index is 0.00172. The molecule has 8 heteroatoms. The zero-order valence-electron chi connectivity index (χ0n) is 18.5. The molecule has 3 aromatic rings. The third-order valence-electron chi connectivity index (χ3n) is 5.88. The molecule has 0 aliphatic carbocycles. The minimum Gasteiger partial charge on any atom is -0.507 e. The van der Waals surface area contributed by atoms with Crippen LogP contribution < -0.4 is 20.1 Å². The molecule has 2 aromatic carbocycles. The molecule has 0 radical (unpaired) electrons. The van der Waals surface area contributed by atoms with Crippen LogP contribution in [0.3, 0.4) is 0 Å². The third kappa shape index (κ3) is 4.41. The van der Waals surface area contributed by atoms with Gasteiger partial charge in [0, 0.05) is 30.8 Å². The Morgan fingerprint density at radius 2 is 1.76 bits per heavy atom. The lowest BCUT2D eigenvalue weighted by Gasteiger charge is -2.31. The highest BCUT2D eigenvalue weighted by Crippen LogP contribution is 2.43. The van der Waals surface area contributed by atoms with Gasteiger partial charge in [-0.25, -0.2) is 9.37 Å². The van der Waals surface area contributed by atoms with E-state index in [1.54, 1.807) is 37.4 Å². The van der Waals surface area contributed by atoms with Crippen LogP contribution in [0.1, 0.15) is 18.4 Å². The molecule has 0 atom stereocenters.